The van der Waals surface area contributed by atoms with Gasteiger partial charge in [0.1, 0.15) is 0 Å². The predicted octanol–water partition coefficient (Wildman–Crippen LogP) is 1.96. The second kappa shape index (κ2) is 2.96. The molecule has 0 bridgehead atoms. The molecule has 2 heteroatoms. The molecule has 0 atom stereocenters. The number of hydrogen-bond acceptors (Lipinski definition) is 2. The van der Waals surface area contributed by atoms with Crippen molar-refractivity contribution in [3.8, 4) is 0 Å². The van der Waals surface area contributed by atoms with Gasteiger partial charge in [-0.1, -0.05) is 13.8 Å². The smallest absolute Gasteiger partial charge is 0.0681 e. The van der Waals surface area contributed by atoms with Crippen LogP contribution in [0.3, 0.4) is 0 Å². The van der Waals surface area contributed by atoms with Crippen molar-refractivity contribution in [1.29, 1.82) is 0 Å². The Morgan fingerprint density at radius 3 is 2.15 bits per heavy atom. The van der Waals surface area contributed by atoms with Crippen molar-refractivity contribution in [2.75, 3.05) is 13.2 Å². The summed E-state index contributed by atoms with van der Waals surface area (Å²) in [6, 6.07) is 0. The summed E-state index contributed by atoms with van der Waals surface area (Å²) in [6.07, 6.45) is 4.31. The quantitative estimate of drug-likeness (QED) is 0.675. The minimum atomic E-state index is -0.364. The van der Waals surface area contributed by atoms with Gasteiger partial charge in [0.15, 0.2) is 0 Å². The van der Waals surface area contributed by atoms with E-state index in [2.05, 4.69) is 13.8 Å². The third kappa shape index (κ3) is 1.50. The Balaban J connectivity index is 1.94. The van der Waals surface area contributed by atoms with E-state index in [0.717, 1.165) is 38.9 Å². The van der Waals surface area contributed by atoms with Crippen LogP contribution in [0.1, 0.15) is 39.5 Å². The first kappa shape index (κ1) is 9.47. The number of ether oxygens (including phenoxy) is 1. The van der Waals surface area contributed by atoms with Gasteiger partial charge in [-0.3, -0.25) is 0 Å². The lowest BCUT2D eigenvalue weighted by molar-refractivity contribution is -0.184. The lowest BCUT2D eigenvalue weighted by atomic mass is 9.53. The first-order valence-electron chi connectivity index (χ1n) is 5.37. The molecule has 1 saturated carbocycles. The zero-order valence-corrected chi connectivity index (χ0v) is 8.68. The van der Waals surface area contributed by atoms with E-state index in [4.69, 9.17) is 4.74 Å². The molecule has 0 aromatic carbocycles. The van der Waals surface area contributed by atoms with E-state index >= 15 is 0 Å². The highest BCUT2D eigenvalue weighted by Crippen LogP contribution is 2.56. The largest absolute Gasteiger partial charge is 0.390 e. The Labute approximate surface area is 80.3 Å². The van der Waals surface area contributed by atoms with E-state index in [1.165, 1.54) is 0 Å². The maximum atomic E-state index is 10.2. The van der Waals surface area contributed by atoms with Gasteiger partial charge >= 0.3 is 0 Å². The van der Waals surface area contributed by atoms with E-state index in [1.54, 1.807) is 0 Å². The molecular formula is C11H20O2. The molecule has 1 aliphatic heterocycles. The molecule has 1 spiro atoms. The van der Waals surface area contributed by atoms with Gasteiger partial charge in [0, 0.05) is 13.2 Å². The van der Waals surface area contributed by atoms with Gasteiger partial charge in [-0.25, -0.2) is 0 Å². The van der Waals surface area contributed by atoms with Crippen molar-refractivity contribution in [2.45, 2.75) is 45.1 Å². The van der Waals surface area contributed by atoms with Crippen LogP contribution in [-0.2, 0) is 4.74 Å². The van der Waals surface area contributed by atoms with Gasteiger partial charge < -0.3 is 9.84 Å². The summed E-state index contributed by atoms with van der Waals surface area (Å²) in [7, 11) is 0. The van der Waals surface area contributed by atoms with Crippen molar-refractivity contribution >= 4 is 0 Å². The summed E-state index contributed by atoms with van der Waals surface area (Å²) in [5.74, 6) is 0.404. The van der Waals surface area contributed by atoms with Crippen LogP contribution in [0.4, 0.5) is 0 Å². The van der Waals surface area contributed by atoms with Crippen molar-refractivity contribution in [1.82, 2.24) is 0 Å². The maximum absolute atomic E-state index is 10.2. The average Bonchev–Trinajstić information content (AvgIpc) is 2.03. The molecule has 0 radical (unpaired) electrons. The Kier molecular flexibility index (Phi) is 2.16. The third-order valence-electron chi connectivity index (χ3n) is 3.99. The molecule has 1 N–H and O–H groups in total. The Morgan fingerprint density at radius 2 is 1.69 bits per heavy atom. The molecule has 76 valence electrons. The molecule has 1 heterocycles. The van der Waals surface area contributed by atoms with Crippen LogP contribution in [0.25, 0.3) is 0 Å². The van der Waals surface area contributed by atoms with Crippen molar-refractivity contribution in [3.63, 3.8) is 0 Å². The molecule has 0 amide bonds. The minimum absolute atomic E-state index is 0.364. The molecule has 0 unspecified atom stereocenters. The van der Waals surface area contributed by atoms with E-state index in [9.17, 15) is 5.11 Å². The van der Waals surface area contributed by atoms with Crippen LogP contribution >= 0.6 is 0 Å². The van der Waals surface area contributed by atoms with Crippen molar-refractivity contribution in [2.24, 2.45) is 11.3 Å². The van der Waals surface area contributed by atoms with Gasteiger partial charge in [0.25, 0.3) is 0 Å². The highest BCUT2D eigenvalue weighted by atomic mass is 16.5. The predicted molar refractivity (Wildman–Crippen MR) is 51.5 cm³/mol. The molecule has 1 saturated heterocycles. The summed E-state index contributed by atoms with van der Waals surface area (Å²) in [5.41, 5.74) is 0.0780. The second-order valence-electron chi connectivity index (χ2n) is 5.22. The average molecular weight is 184 g/mol. The summed E-state index contributed by atoms with van der Waals surface area (Å²) in [5, 5.41) is 10.2. The molecule has 2 rings (SSSR count). The van der Waals surface area contributed by atoms with Gasteiger partial charge in [0.05, 0.1) is 5.60 Å². The Bertz CT molecular complexity index is 184. The van der Waals surface area contributed by atoms with Crippen LogP contribution < -0.4 is 0 Å². The van der Waals surface area contributed by atoms with Gasteiger partial charge in [0.2, 0.25) is 0 Å². The first-order chi connectivity index (χ1) is 6.06. The molecule has 2 fully saturated rings. The molecular weight excluding hydrogens is 164 g/mol. The van der Waals surface area contributed by atoms with Crippen LogP contribution in [-0.4, -0.2) is 23.9 Å². The zero-order valence-electron chi connectivity index (χ0n) is 8.68. The Morgan fingerprint density at radius 1 is 1.15 bits per heavy atom. The topological polar surface area (TPSA) is 29.5 Å². The fourth-order valence-electron chi connectivity index (χ4n) is 2.81. The van der Waals surface area contributed by atoms with Crippen molar-refractivity contribution in [3.05, 3.63) is 0 Å². The zero-order chi connectivity index (χ0) is 9.53. The van der Waals surface area contributed by atoms with Crippen LogP contribution in [0.5, 0.6) is 0 Å². The highest BCUT2D eigenvalue weighted by molar-refractivity contribution is 5.05. The van der Waals surface area contributed by atoms with Gasteiger partial charge in [-0.15, -0.1) is 0 Å². The third-order valence-corrected chi connectivity index (χ3v) is 3.99. The van der Waals surface area contributed by atoms with Crippen LogP contribution in [0.15, 0.2) is 0 Å². The number of hydrogen-bond donors (Lipinski definition) is 1. The molecule has 1 aliphatic carbocycles. The van der Waals surface area contributed by atoms with E-state index in [-0.39, 0.29) is 5.60 Å². The Hall–Kier alpha value is -0.0800. The molecule has 13 heavy (non-hydrogen) atoms. The molecule has 0 aromatic rings. The standard InChI is InChI=1S/C11H20O2/c1-9(2)11(12)7-10(8-11)3-5-13-6-4-10/h9,12H,3-8H2,1-2H3. The second-order valence-corrected chi connectivity index (χ2v) is 5.22. The fraction of sp³-hybridized carbons (Fsp3) is 1.00. The van der Waals surface area contributed by atoms with E-state index < -0.39 is 0 Å². The number of rotatable bonds is 1. The van der Waals surface area contributed by atoms with E-state index in [1.807, 2.05) is 0 Å². The summed E-state index contributed by atoms with van der Waals surface area (Å²) in [4.78, 5) is 0. The summed E-state index contributed by atoms with van der Waals surface area (Å²) in [6.45, 7) is 6.03. The minimum Gasteiger partial charge on any atom is -0.390 e. The highest BCUT2D eigenvalue weighted by Gasteiger charge is 2.54. The normalized spacial score (nSPS) is 30.5. The SMILES string of the molecule is CC(C)C1(O)CC2(CCOCC2)C1. The first-order valence-corrected chi connectivity index (χ1v) is 5.37. The van der Waals surface area contributed by atoms with Crippen LogP contribution in [0.2, 0.25) is 0 Å². The molecule has 2 nitrogen and oxygen atoms in total. The molecule has 2 aliphatic rings. The van der Waals surface area contributed by atoms with Crippen molar-refractivity contribution < 1.29 is 9.84 Å². The van der Waals surface area contributed by atoms with Gasteiger partial charge in [-0.05, 0) is 37.0 Å². The lowest BCUT2D eigenvalue weighted by Crippen LogP contribution is -2.56. The lowest BCUT2D eigenvalue weighted by Gasteiger charge is -2.57. The maximum Gasteiger partial charge on any atom is 0.0681 e. The summed E-state index contributed by atoms with van der Waals surface area (Å²) >= 11 is 0. The van der Waals surface area contributed by atoms with Gasteiger partial charge in [-0.2, -0.15) is 0 Å². The molecule has 0 aromatic heterocycles. The number of aliphatic hydroxyl groups is 1. The summed E-state index contributed by atoms with van der Waals surface area (Å²) < 4.78 is 5.35. The van der Waals surface area contributed by atoms with E-state index in [0.29, 0.717) is 11.3 Å². The monoisotopic (exact) mass is 184 g/mol. The van der Waals surface area contributed by atoms with Crippen LogP contribution in [0, 0.1) is 11.3 Å². The fourth-order valence-corrected chi connectivity index (χ4v) is 2.81.